The van der Waals surface area contributed by atoms with E-state index in [9.17, 15) is 15.3 Å². The van der Waals surface area contributed by atoms with Gasteiger partial charge in [0.25, 0.3) is 0 Å². The Morgan fingerprint density at radius 3 is 2.24 bits per heavy atom. The topological polar surface area (TPSA) is 95.6 Å². The van der Waals surface area contributed by atoms with Crippen molar-refractivity contribution < 1.29 is 19.0 Å². The molecule has 0 N–H and O–H groups in total. The summed E-state index contributed by atoms with van der Waals surface area (Å²) < 4.78 is 16.1. The van der Waals surface area contributed by atoms with Crippen LogP contribution >= 0.6 is 0 Å². The van der Waals surface area contributed by atoms with Crippen LogP contribution in [0.3, 0.4) is 0 Å². The van der Waals surface area contributed by atoms with E-state index in [0.717, 1.165) is 11.1 Å². The van der Waals surface area contributed by atoms with E-state index in [1.165, 1.54) is 14.2 Å². The molecule has 0 aliphatic carbocycles. The van der Waals surface area contributed by atoms with Crippen molar-refractivity contribution in [2.75, 3.05) is 21.3 Å². The van der Waals surface area contributed by atoms with Crippen LogP contribution in [0.4, 0.5) is 0 Å². The summed E-state index contributed by atoms with van der Waals surface area (Å²) in [5.74, 6) is 0.616. The molecule has 0 spiro atoms. The third kappa shape index (κ3) is 3.59. The molecular formula is C30H25N3O4. The molecule has 3 atom stereocenters. The average molecular weight is 492 g/mol. The first-order valence-corrected chi connectivity index (χ1v) is 11.8. The number of nitrogens with zero attached hydrogens (tertiary/aromatic N) is 3. The van der Waals surface area contributed by atoms with Crippen molar-refractivity contribution in [2.24, 2.45) is 5.41 Å². The van der Waals surface area contributed by atoms with Gasteiger partial charge in [0.1, 0.15) is 11.8 Å². The fourth-order valence-corrected chi connectivity index (χ4v) is 5.64. The third-order valence-corrected chi connectivity index (χ3v) is 7.36. The van der Waals surface area contributed by atoms with Crippen molar-refractivity contribution in [3.63, 3.8) is 0 Å². The second-order valence-corrected chi connectivity index (χ2v) is 9.02. The first kappa shape index (κ1) is 24.0. The molecule has 5 rings (SSSR count). The highest BCUT2D eigenvalue weighted by molar-refractivity contribution is 6.02. The molecule has 3 aromatic rings. The van der Waals surface area contributed by atoms with Gasteiger partial charge in [0, 0.05) is 17.7 Å². The molecule has 2 aliphatic heterocycles. The van der Waals surface area contributed by atoms with Gasteiger partial charge in [0.05, 0.1) is 39.5 Å². The summed E-state index contributed by atoms with van der Waals surface area (Å²) in [6, 6.07) is 23.2. The van der Waals surface area contributed by atoms with E-state index in [2.05, 4.69) is 12.1 Å². The smallest absolute Gasteiger partial charge is 0.186 e. The Balaban J connectivity index is 1.73. The average Bonchev–Trinajstić information content (AvgIpc) is 3.27. The van der Waals surface area contributed by atoms with Gasteiger partial charge in [-0.05, 0) is 53.1 Å². The number of carbonyl (C=O) groups excluding carboxylic acids is 1. The van der Waals surface area contributed by atoms with Crippen molar-refractivity contribution in [2.45, 2.75) is 18.0 Å². The molecule has 7 nitrogen and oxygen atoms in total. The first-order chi connectivity index (χ1) is 18.0. The van der Waals surface area contributed by atoms with Gasteiger partial charge in [-0.3, -0.25) is 4.79 Å². The number of fused-ring (bicyclic) bond motifs is 3. The molecule has 37 heavy (non-hydrogen) atoms. The van der Waals surface area contributed by atoms with Crippen LogP contribution in [0.1, 0.15) is 39.0 Å². The number of benzene rings is 3. The highest BCUT2D eigenvalue weighted by Gasteiger charge is 2.63. The number of carbonyl (C=O) groups is 1. The monoisotopic (exact) mass is 491 g/mol. The van der Waals surface area contributed by atoms with Crippen LogP contribution in [0.25, 0.3) is 6.08 Å². The van der Waals surface area contributed by atoms with Crippen LogP contribution in [-0.4, -0.2) is 38.1 Å². The van der Waals surface area contributed by atoms with Gasteiger partial charge in [-0.2, -0.15) is 10.5 Å². The zero-order valence-corrected chi connectivity index (χ0v) is 20.7. The Labute approximate surface area is 215 Å². The maximum absolute atomic E-state index is 14.3. The largest absolute Gasteiger partial charge is 0.497 e. The number of hydrogen-bond donors (Lipinski definition) is 0. The van der Waals surface area contributed by atoms with Crippen molar-refractivity contribution >= 4 is 11.9 Å². The van der Waals surface area contributed by atoms with Gasteiger partial charge >= 0.3 is 0 Å². The highest BCUT2D eigenvalue weighted by Crippen LogP contribution is 2.60. The summed E-state index contributed by atoms with van der Waals surface area (Å²) in [6.07, 6.45) is 3.76. The van der Waals surface area contributed by atoms with E-state index in [0.29, 0.717) is 28.4 Å². The van der Waals surface area contributed by atoms with Crippen LogP contribution < -0.4 is 14.2 Å². The summed E-state index contributed by atoms with van der Waals surface area (Å²) in [5, 5.41) is 21.3. The molecule has 1 fully saturated rings. The number of rotatable bonds is 6. The molecule has 0 aromatic heterocycles. The zero-order valence-electron chi connectivity index (χ0n) is 20.7. The summed E-state index contributed by atoms with van der Waals surface area (Å²) >= 11 is 0. The molecule has 3 aromatic carbocycles. The van der Waals surface area contributed by atoms with Crippen molar-refractivity contribution in [1.82, 2.24) is 4.90 Å². The minimum atomic E-state index is -1.54. The van der Waals surface area contributed by atoms with Crippen molar-refractivity contribution in [3.8, 4) is 29.4 Å². The SMILES string of the molecule is COc1ccc([C@H]2[C@H](C(=O)c3ccc(OC)c(OC)c3)N3C=Cc4ccccc4[C@H]3C2(C#N)C#N)cc1. The fourth-order valence-electron chi connectivity index (χ4n) is 5.64. The molecule has 1 saturated heterocycles. The Hall–Kier alpha value is -4.75. The van der Waals surface area contributed by atoms with Crippen LogP contribution in [0, 0.1) is 28.1 Å². The Morgan fingerprint density at radius 1 is 0.892 bits per heavy atom. The summed E-state index contributed by atoms with van der Waals surface area (Å²) in [6.45, 7) is 0. The molecule has 184 valence electrons. The van der Waals surface area contributed by atoms with Crippen molar-refractivity contribution in [3.05, 3.63) is 95.2 Å². The van der Waals surface area contributed by atoms with E-state index in [1.807, 2.05) is 53.6 Å². The molecule has 0 amide bonds. The minimum Gasteiger partial charge on any atom is -0.497 e. The van der Waals surface area contributed by atoms with Crippen LogP contribution in [0.2, 0.25) is 0 Å². The summed E-state index contributed by atoms with van der Waals surface area (Å²) in [7, 11) is 4.62. The molecule has 7 heteroatoms. The predicted octanol–water partition coefficient (Wildman–Crippen LogP) is 5.12. The molecule has 2 heterocycles. The quantitative estimate of drug-likeness (QED) is 0.442. The summed E-state index contributed by atoms with van der Waals surface area (Å²) in [4.78, 5) is 16.2. The van der Waals surface area contributed by atoms with Crippen LogP contribution in [0.15, 0.2) is 72.9 Å². The molecule has 0 unspecified atom stereocenters. The lowest BCUT2D eigenvalue weighted by atomic mass is 9.67. The Kier molecular flexibility index (Phi) is 6.07. The second-order valence-electron chi connectivity index (χ2n) is 9.02. The van der Waals surface area contributed by atoms with Gasteiger partial charge in [-0.15, -0.1) is 0 Å². The van der Waals surface area contributed by atoms with Gasteiger partial charge in [-0.25, -0.2) is 0 Å². The van der Waals surface area contributed by atoms with Gasteiger partial charge in [0.15, 0.2) is 22.7 Å². The molecule has 0 saturated carbocycles. The third-order valence-electron chi connectivity index (χ3n) is 7.36. The molecule has 0 bridgehead atoms. The van der Waals surface area contributed by atoms with Gasteiger partial charge < -0.3 is 19.1 Å². The van der Waals surface area contributed by atoms with E-state index >= 15 is 0 Å². The van der Waals surface area contributed by atoms with E-state index in [-0.39, 0.29) is 5.78 Å². The predicted molar refractivity (Wildman–Crippen MR) is 137 cm³/mol. The fraction of sp³-hybridized carbons (Fsp3) is 0.233. The van der Waals surface area contributed by atoms with E-state index in [4.69, 9.17) is 14.2 Å². The molecule has 0 radical (unpaired) electrons. The van der Waals surface area contributed by atoms with E-state index in [1.54, 1.807) is 37.4 Å². The Morgan fingerprint density at radius 2 is 1.59 bits per heavy atom. The lowest BCUT2D eigenvalue weighted by Gasteiger charge is -2.34. The lowest BCUT2D eigenvalue weighted by Crippen LogP contribution is -2.37. The van der Waals surface area contributed by atoms with Crippen molar-refractivity contribution in [1.29, 1.82) is 10.5 Å². The maximum atomic E-state index is 14.3. The number of nitriles is 2. The standard InChI is InChI=1S/C30H25N3O4/c1-35-22-11-8-20(9-12-22)26-27(28(34)21-10-13-24(36-2)25(16-21)37-3)33-15-14-19-6-4-5-7-23(19)29(33)30(26,17-31)18-32/h4-16,26-27,29H,1-3H3/t26-,27+,29-/m0/s1. The van der Waals surface area contributed by atoms with Crippen LogP contribution in [-0.2, 0) is 0 Å². The number of hydrogen-bond acceptors (Lipinski definition) is 7. The number of methoxy groups -OCH3 is 3. The van der Waals surface area contributed by atoms with E-state index < -0.39 is 23.4 Å². The second kappa shape index (κ2) is 9.37. The minimum absolute atomic E-state index is 0.219. The Bertz CT molecular complexity index is 1450. The van der Waals surface area contributed by atoms with Gasteiger partial charge in [0.2, 0.25) is 0 Å². The van der Waals surface area contributed by atoms with Crippen LogP contribution in [0.5, 0.6) is 17.2 Å². The molecular weight excluding hydrogens is 466 g/mol. The zero-order chi connectivity index (χ0) is 26.2. The maximum Gasteiger partial charge on any atom is 0.186 e. The number of ketones is 1. The lowest BCUT2D eigenvalue weighted by molar-refractivity contribution is 0.0874. The first-order valence-electron chi connectivity index (χ1n) is 11.8. The highest BCUT2D eigenvalue weighted by atomic mass is 16.5. The normalized spacial score (nSPS) is 20.7. The number of ether oxygens (including phenoxy) is 3. The van der Waals surface area contributed by atoms with Gasteiger partial charge in [-0.1, -0.05) is 36.4 Å². The number of Topliss-reactive ketones (excluding diaryl/α,β-unsaturated/α-hetero) is 1. The summed E-state index contributed by atoms with van der Waals surface area (Å²) in [5.41, 5.74) is 1.34. The molecule has 2 aliphatic rings.